The van der Waals surface area contributed by atoms with Crippen LogP contribution in [0.15, 0.2) is 72.9 Å². The highest BCUT2D eigenvalue weighted by atomic mass is 16.1. The van der Waals surface area contributed by atoms with Crippen LogP contribution in [-0.2, 0) is 0 Å². The monoisotopic (exact) mass is 286 g/mol. The van der Waals surface area contributed by atoms with E-state index < -0.39 is 0 Å². The van der Waals surface area contributed by atoms with Crippen LogP contribution >= 0.6 is 0 Å². The van der Waals surface area contributed by atoms with Crippen molar-refractivity contribution in [2.45, 2.75) is 0 Å². The molecule has 0 bridgehead atoms. The molecule has 0 radical (unpaired) electrons. The lowest BCUT2D eigenvalue weighted by molar-refractivity contribution is 0.102. The summed E-state index contributed by atoms with van der Waals surface area (Å²) < 4.78 is 0. The van der Waals surface area contributed by atoms with E-state index >= 15 is 0 Å². The highest BCUT2D eigenvalue weighted by Gasteiger charge is 2.07. The van der Waals surface area contributed by atoms with Crippen LogP contribution in [-0.4, -0.2) is 10.9 Å². The first-order valence-corrected chi connectivity index (χ1v) is 7.17. The normalized spacial score (nSPS) is 10.9. The maximum absolute atomic E-state index is 12.4. The fourth-order valence-corrected chi connectivity index (χ4v) is 2.66. The molecule has 4 rings (SSSR count). The summed E-state index contributed by atoms with van der Waals surface area (Å²) in [5.74, 6) is -0.0987. The van der Waals surface area contributed by atoms with Crippen molar-refractivity contribution in [1.82, 2.24) is 4.98 Å². The molecular formula is C19H14N2O. The predicted octanol–water partition coefficient (Wildman–Crippen LogP) is 4.57. The van der Waals surface area contributed by atoms with Gasteiger partial charge in [-0.3, -0.25) is 4.79 Å². The lowest BCUT2D eigenvalue weighted by Gasteiger charge is -2.07. The van der Waals surface area contributed by atoms with Crippen LogP contribution in [0.1, 0.15) is 10.4 Å². The van der Waals surface area contributed by atoms with Gasteiger partial charge in [-0.05, 0) is 47.2 Å². The van der Waals surface area contributed by atoms with E-state index in [0.717, 1.165) is 27.4 Å². The first-order valence-electron chi connectivity index (χ1n) is 7.17. The topological polar surface area (TPSA) is 44.9 Å². The van der Waals surface area contributed by atoms with Crippen LogP contribution in [0.4, 0.5) is 5.69 Å². The van der Waals surface area contributed by atoms with E-state index in [4.69, 9.17) is 0 Å². The van der Waals surface area contributed by atoms with Gasteiger partial charge >= 0.3 is 0 Å². The number of nitrogens with one attached hydrogen (secondary N) is 2. The minimum absolute atomic E-state index is 0.0987. The molecule has 106 valence electrons. The van der Waals surface area contributed by atoms with Gasteiger partial charge in [0.2, 0.25) is 0 Å². The van der Waals surface area contributed by atoms with Crippen molar-refractivity contribution in [2.24, 2.45) is 0 Å². The molecule has 3 nitrogen and oxygen atoms in total. The summed E-state index contributed by atoms with van der Waals surface area (Å²) in [5, 5.41) is 6.27. The number of fused-ring (bicyclic) bond motifs is 2. The molecule has 1 aromatic heterocycles. The maximum atomic E-state index is 12.4. The average Bonchev–Trinajstić information content (AvgIpc) is 3.02. The van der Waals surface area contributed by atoms with Gasteiger partial charge in [-0.1, -0.05) is 30.3 Å². The Labute approximate surface area is 127 Å². The van der Waals surface area contributed by atoms with Gasteiger partial charge in [-0.2, -0.15) is 0 Å². The molecule has 4 aromatic rings. The standard InChI is InChI=1S/C19H14N2O/c22-19(16-6-8-18-15(11-16)9-10-20-18)21-17-7-5-13-3-1-2-4-14(13)12-17/h1-12,20H,(H,21,22). The van der Waals surface area contributed by atoms with Gasteiger partial charge in [0.1, 0.15) is 0 Å². The van der Waals surface area contributed by atoms with E-state index in [1.807, 2.05) is 66.9 Å². The van der Waals surface area contributed by atoms with Gasteiger partial charge in [0.05, 0.1) is 0 Å². The van der Waals surface area contributed by atoms with E-state index in [9.17, 15) is 4.79 Å². The molecule has 22 heavy (non-hydrogen) atoms. The van der Waals surface area contributed by atoms with E-state index in [0.29, 0.717) is 5.56 Å². The molecule has 0 unspecified atom stereocenters. The largest absolute Gasteiger partial charge is 0.361 e. The quantitative estimate of drug-likeness (QED) is 0.557. The SMILES string of the molecule is O=C(Nc1ccc2ccccc2c1)c1ccc2[nH]ccc2c1. The first kappa shape index (κ1) is 12.7. The van der Waals surface area contributed by atoms with E-state index in [1.165, 1.54) is 0 Å². The Morgan fingerprint density at radius 1 is 0.818 bits per heavy atom. The fraction of sp³-hybridized carbons (Fsp3) is 0. The number of anilines is 1. The Morgan fingerprint density at radius 3 is 2.59 bits per heavy atom. The Hall–Kier alpha value is -3.07. The number of carbonyl (C=O) groups is 1. The molecule has 0 saturated carbocycles. The summed E-state index contributed by atoms with van der Waals surface area (Å²) in [4.78, 5) is 15.5. The van der Waals surface area contributed by atoms with Crippen molar-refractivity contribution in [3.05, 3.63) is 78.5 Å². The van der Waals surface area contributed by atoms with Crippen LogP contribution in [0.25, 0.3) is 21.7 Å². The molecule has 1 amide bonds. The summed E-state index contributed by atoms with van der Waals surface area (Å²) in [5.41, 5.74) is 2.49. The molecule has 1 heterocycles. The third-order valence-electron chi connectivity index (χ3n) is 3.82. The van der Waals surface area contributed by atoms with Crippen molar-refractivity contribution in [3.8, 4) is 0 Å². The number of hydrogen-bond donors (Lipinski definition) is 2. The molecular weight excluding hydrogens is 272 g/mol. The van der Waals surface area contributed by atoms with E-state index in [-0.39, 0.29) is 5.91 Å². The van der Waals surface area contributed by atoms with Crippen molar-refractivity contribution in [1.29, 1.82) is 0 Å². The third-order valence-corrected chi connectivity index (χ3v) is 3.82. The molecule has 3 aromatic carbocycles. The number of amides is 1. The van der Waals surface area contributed by atoms with E-state index in [1.54, 1.807) is 0 Å². The highest BCUT2D eigenvalue weighted by Crippen LogP contribution is 2.20. The molecule has 0 fully saturated rings. The van der Waals surface area contributed by atoms with Crippen molar-refractivity contribution >= 4 is 33.3 Å². The average molecular weight is 286 g/mol. The van der Waals surface area contributed by atoms with Gasteiger partial charge in [0.15, 0.2) is 0 Å². The van der Waals surface area contributed by atoms with Crippen molar-refractivity contribution in [2.75, 3.05) is 5.32 Å². The summed E-state index contributed by atoms with van der Waals surface area (Å²) in [6, 6.07) is 21.6. The number of aromatic nitrogens is 1. The zero-order chi connectivity index (χ0) is 14.9. The Bertz CT molecular complexity index is 985. The predicted molar refractivity (Wildman–Crippen MR) is 90.2 cm³/mol. The molecule has 0 aliphatic rings. The van der Waals surface area contributed by atoms with Crippen LogP contribution in [0.3, 0.4) is 0 Å². The second kappa shape index (κ2) is 5.04. The van der Waals surface area contributed by atoms with E-state index in [2.05, 4.69) is 16.4 Å². The number of rotatable bonds is 2. The molecule has 0 spiro atoms. The summed E-state index contributed by atoms with van der Waals surface area (Å²) in [6.07, 6.45) is 1.87. The second-order valence-corrected chi connectivity index (χ2v) is 5.30. The zero-order valence-electron chi connectivity index (χ0n) is 11.8. The summed E-state index contributed by atoms with van der Waals surface area (Å²) >= 11 is 0. The number of hydrogen-bond acceptors (Lipinski definition) is 1. The second-order valence-electron chi connectivity index (χ2n) is 5.30. The van der Waals surface area contributed by atoms with Crippen molar-refractivity contribution in [3.63, 3.8) is 0 Å². The van der Waals surface area contributed by atoms with Gasteiger partial charge in [0.25, 0.3) is 5.91 Å². The van der Waals surface area contributed by atoms with Crippen LogP contribution < -0.4 is 5.32 Å². The highest BCUT2D eigenvalue weighted by molar-refractivity contribution is 6.07. The number of carbonyl (C=O) groups excluding carboxylic acids is 1. The molecule has 0 aliphatic carbocycles. The molecule has 3 heteroatoms. The minimum Gasteiger partial charge on any atom is -0.361 e. The van der Waals surface area contributed by atoms with Gasteiger partial charge in [-0.15, -0.1) is 0 Å². The molecule has 0 aliphatic heterocycles. The van der Waals surface area contributed by atoms with Crippen molar-refractivity contribution < 1.29 is 4.79 Å². The molecule has 2 N–H and O–H groups in total. The Kier molecular flexibility index (Phi) is 2.90. The third kappa shape index (κ3) is 2.23. The van der Waals surface area contributed by atoms with Gasteiger partial charge in [0, 0.05) is 28.4 Å². The molecule has 0 saturated heterocycles. The molecule has 0 atom stereocenters. The smallest absolute Gasteiger partial charge is 0.255 e. The number of aromatic amines is 1. The van der Waals surface area contributed by atoms with Gasteiger partial charge in [-0.25, -0.2) is 0 Å². The number of H-pyrrole nitrogens is 1. The Balaban J connectivity index is 1.64. The summed E-state index contributed by atoms with van der Waals surface area (Å²) in [7, 11) is 0. The minimum atomic E-state index is -0.0987. The fourth-order valence-electron chi connectivity index (χ4n) is 2.66. The van der Waals surface area contributed by atoms with Crippen LogP contribution in [0, 0.1) is 0 Å². The zero-order valence-corrected chi connectivity index (χ0v) is 11.8. The Morgan fingerprint density at radius 2 is 1.68 bits per heavy atom. The first-order chi connectivity index (χ1) is 10.8. The van der Waals surface area contributed by atoms with Crippen LogP contribution in [0.2, 0.25) is 0 Å². The lowest BCUT2D eigenvalue weighted by atomic mass is 10.1. The lowest BCUT2D eigenvalue weighted by Crippen LogP contribution is -2.11. The number of benzene rings is 3. The maximum Gasteiger partial charge on any atom is 0.255 e. The summed E-state index contributed by atoms with van der Waals surface area (Å²) in [6.45, 7) is 0. The van der Waals surface area contributed by atoms with Gasteiger partial charge < -0.3 is 10.3 Å². The van der Waals surface area contributed by atoms with Crippen LogP contribution in [0.5, 0.6) is 0 Å².